The minimum absolute atomic E-state index is 0.0373. The smallest absolute Gasteiger partial charge is 0.288 e. The van der Waals surface area contributed by atoms with E-state index in [1.807, 2.05) is 0 Å². The van der Waals surface area contributed by atoms with Gasteiger partial charge in [0.05, 0.1) is 9.40 Å². The zero-order valence-corrected chi connectivity index (χ0v) is 12.0. The molecular weight excluding hydrogens is 322 g/mol. The second-order valence-electron chi connectivity index (χ2n) is 3.40. The Hall–Kier alpha value is -0.860. The van der Waals surface area contributed by atoms with Crippen molar-refractivity contribution in [2.24, 2.45) is 0 Å². The van der Waals surface area contributed by atoms with E-state index in [1.165, 1.54) is 12.3 Å². The summed E-state index contributed by atoms with van der Waals surface area (Å²) in [4.78, 5) is 14.0. The van der Waals surface area contributed by atoms with Crippen LogP contribution in [0.15, 0.2) is 16.7 Å². The first kappa shape index (κ1) is 15.2. The Bertz CT molecular complexity index is 406. The van der Waals surface area contributed by atoms with Crippen LogP contribution in [0.1, 0.15) is 6.42 Å². The van der Waals surface area contributed by atoms with Crippen LogP contribution in [0.5, 0.6) is 0 Å². The summed E-state index contributed by atoms with van der Waals surface area (Å²) in [6.45, 7) is 0.940. The van der Waals surface area contributed by atoms with Crippen LogP contribution in [0.4, 0.5) is 11.5 Å². The van der Waals surface area contributed by atoms with Gasteiger partial charge < -0.3 is 10.4 Å². The summed E-state index contributed by atoms with van der Waals surface area (Å²) < 4.78 is 0.581. The summed E-state index contributed by atoms with van der Waals surface area (Å²) in [7, 11) is 0. The number of aliphatic hydroxyl groups excluding tert-OH is 1. The first-order valence-electron chi connectivity index (χ1n) is 5.37. The minimum Gasteiger partial charge on any atom is -0.396 e. The molecule has 0 fully saturated rings. The van der Waals surface area contributed by atoms with Gasteiger partial charge in [-0.1, -0.05) is 0 Å². The number of rotatable bonds is 8. The van der Waals surface area contributed by atoms with Gasteiger partial charge in [0.2, 0.25) is 0 Å². The number of nitrogens with one attached hydrogen (secondary N) is 1. The molecule has 1 aromatic heterocycles. The van der Waals surface area contributed by atoms with Gasteiger partial charge in [-0.15, -0.1) is 0 Å². The van der Waals surface area contributed by atoms with Crippen LogP contribution in [-0.2, 0) is 0 Å². The van der Waals surface area contributed by atoms with Crippen molar-refractivity contribution in [2.45, 2.75) is 6.42 Å². The zero-order chi connectivity index (χ0) is 13.4. The Labute approximate surface area is 117 Å². The third-order valence-electron chi connectivity index (χ3n) is 2.02. The summed E-state index contributed by atoms with van der Waals surface area (Å²) in [6, 6.07) is 1.42. The van der Waals surface area contributed by atoms with Gasteiger partial charge in [0.1, 0.15) is 12.0 Å². The molecule has 0 bridgehead atoms. The van der Waals surface area contributed by atoms with Crippen molar-refractivity contribution in [2.75, 3.05) is 30.0 Å². The highest BCUT2D eigenvalue weighted by Crippen LogP contribution is 2.24. The van der Waals surface area contributed by atoms with E-state index in [2.05, 4.69) is 26.2 Å². The molecule has 6 nitrogen and oxygen atoms in total. The molecule has 0 radical (unpaired) electrons. The molecule has 1 aromatic rings. The Morgan fingerprint density at radius 1 is 1.56 bits per heavy atom. The maximum Gasteiger partial charge on any atom is 0.288 e. The highest BCUT2D eigenvalue weighted by molar-refractivity contribution is 9.10. The number of halogens is 1. The highest BCUT2D eigenvalue weighted by atomic mass is 79.9. The molecule has 0 atom stereocenters. The first-order chi connectivity index (χ1) is 8.65. The van der Waals surface area contributed by atoms with Crippen molar-refractivity contribution in [3.63, 3.8) is 0 Å². The highest BCUT2D eigenvalue weighted by Gasteiger charge is 2.09. The van der Waals surface area contributed by atoms with Gasteiger partial charge in [-0.25, -0.2) is 4.98 Å². The molecule has 0 aliphatic rings. The molecular formula is C10H14BrN3O3S. The Morgan fingerprint density at radius 2 is 2.33 bits per heavy atom. The number of hydrogen-bond acceptors (Lipinski definition) is 6. The van der Waals surface area contributed by atoms with Crippen LogP contribution in [-0.4, -0.2) is 39.7 Å². The van der Waals surface area contributed by atoms with Gasteiger partial charge in [-0.05, 0) is 28.1 Å². The third-order valence-corrected chi connectivity index (χ3v) is 3.70. The van der Waals surface area contributed by atoms with Crippen LogP contribution in [0.2, 0.25) is 0 Å². The quantitative estimate of drug-likeness (QED) is 0.430. The lowest BCUT2D eigenvalue weighted by molar-refractivity contribution is -0.385. The van der Waals surface area contributed by atoms with E-state index >= 15 is 0 Å². The average Bonchev–Trinajstić information content (AvgIpc) is 2.35. The van der Waals surface area contributed by atoms with Crippen LogP contribution in [0.25, 0.3) is 0 Å². The number of nitro groups is 1. The Balaban J connectivity index is 2.36. The number of nitrogens with zero attached hydrogens (tertiary/aromatic N) is 2. The fraction of sp³-hybridized carbons (Fsp3) is 0.500. The van der Waals surface area contributed by atoms with Crippen LogP contribution in [0.3, 0.4) is 0 Å². The van der Waals surface area contributed by atoms with E-state index in [-0.39, 0.29) is 12.3 Å². The van der Waals surface area contributed by atoms with Gasteiger partial charge in [0.25, 0.3) is 5.69 Å². The fourth-order valence-electron chi connectivity index (χ4n) is 1.17. The summed E-state index contributed by atoms with van der Waals surface area (Å²) >= 11 is 4.98. The molecule has 0 saturated carbocycles. The van der Waals surface area contributed by atoms with Crippen molar-refractivity contribution in [3.05, 3.63) is 26.9 Å². The molecule has 8 heteroatoms. The van der Waals surface area contributed by atoms with E-state index in [1.54, 1.807) is 11.8 Å². The van der Waals surface area contributed by atoms with Gasteiger partial charge in [0.15, 0.2) is 0 Å². The van der Waals surface area contributed by atoms with E-state index in [4.69, 9.17) is 5.11 Å². The van der Waals surface area contributed by atoms with E-state index in [9.17, 15) is 10.1 Å². The largest absolute Gasteiger partial charge is 0.396 e. The summed E-state index contributed by atoms with van der Waals surface area (Å²) in [5, 5.41) is 22.2. The molecule has 0 aliphatic heterocycles. The normalized spacial score (nSPS) is 10.3. The molecule has 1 rings (SSSR count). The van der Waals surface area contributed by atoms with Crippen molar-refractivity contribution >= 4 is 39.2 Å². The maximum absolute atomic E-state index is 10.5. The molecule has 0 aliphatic carbocycles. The number of anilines is 1. The van der Waals surface area contributed by atoms with Crippen LogP contribution >= 0.6 is 27.7 Å². The standard InChI is InChI=1S/C10H14BrN3O3S/c11-9-6-8(14(16)17)7-13-10(9)12-2-5-18-4-1-3-15/h6-7,15H,1-5H2,(H,12,13). The number of thioether (sulfide) groups is 1. The zero-order valence-electron chi connectivity index (χ0n) is 9.63. The Kier molecular flexibility index (Phi) is 6.99. The van der Waals surface area contributed by atoms with Gasteiger partial charge in [-0.3, -0.25) is 10.1 Å². The topological polar surface area (TPSA) is 88.3 Å². The summed E-state index contributed by atoms with van der Waals surface area (Å²) in [5.74, 6) is 2.42. The second-order valence-corrected chi connectivity index (χ2v) is 5.48. The van der Waals surface area contributed by atoms with Gasteiger partial charge in [0, 0.05) is 25.0 Å². The SMILES string of the molecule is O=[N+]([O-])c1cnc(NCCSCCCO)c(Br)c1. The lowest BCUT2D eigenvalue weighted by Gasteiger charge is -2.06. The van der Waals surface area contributed by atoms with Gasteiger partial charge in [-0.2, -0.15) is 11.8 Å². The molecule has 0 saturated heterocycles. The summed E-state index contributed by atoms with van der Waals surface area (Å²) in [6.07, 6.45) is 2.02. The predicted molar refractivity (Wildman–Crippen MR) is 76.1 cm³/mol. The van der Waals surface area contributed by atoms with Gasteiger partial charge >= 0.3 is 0 Å². The summed E-state index contributed by atoms with van der Waals surface area (Å²) in [5.41, 5.74) is -0.0373. The molecule has 0 unspecified atom stereocenters. The lowest BCUT2D eigenvalue weighted by atomic mass is 10.4. The van der Waals surface area contributed by atoms with E-state index in [0.717, 1.165) is 24.5 Å². The first-order valence-corrected chi connectivity index (χ1v) is 7.32. The molecule has 18 heavy (non-hydrogen) atoms. The number of aromatic nitrogens is 1. The second kappa shape index (κ2) is 8.28. The van der Waals surface area contributed by atoms with E-state index < -0.39 is 4.92 Å². The minimum atomic E-state index is -0.480. The third kappa shape index (κ3) is 5.19. The fourth-order valence-corrected chi connectivity index (χ4v) is 2.43. The predicted octanol–water partition coefficient (Wildman–Crippen LogP) is 2.28. The molecule has 0 amide bonds. The number of hydrogen-bond donors (Lipinski definition) is 2. The van der Waals surface area contributed by atoms with E-state index in [0.29, 0.717) is 10.3 Å². The van der Waals surface area contributed by atoms with Crippen LogP contribution in [0, 0.1) is 10.1 Å². The van der Waals surface area contributed by atoms with Crippen molar-refractivity contribution in [1.82, 2.24) is 4.98 Å². The maximum atomic E-state index is 10.5. The van der Waals surface area contributed by atoms with Crippen LogP contribution < -0.4 is 5.32 Å². The number of aliphatic hydroxyl groups is 1. The lowest BCUT2D eigenvalue weighted by Crippen LogP contribution is -2.07. The molecule has 0 aromatic carbocycles. The molecule has 1 heterocycles. The van der Waals surface area contributed by atoms with Crippen molar-refractivity contribution in [3.8, 4) is 0 Å². The van der Waals surface area contributed by atoms with Crippen molar-refractivity contribution in [1.29, 1.82) is 0 Å². The Morgan fingerprint density at radius 3 is 2.94 bits per heavy atom. The average molecular weight is 336 g/mol. The monoisotopic (exact) mass is 335 g/mol. The molecule has 2 N–H and O–H groups in total. The van der Waals surface area contributed by atoms with Crippen molar-refractivity contribution < 1.29 is 10.0 Å². The molecule has 0 spiro atoms. The molecule has 100 valence electrons. The number of pyridine rings is 1.